The third-order valence-corrected chi connectivity index (χ3v) is 5.54. The van der Waals surface area contributed by atoms with E-state index in [1.165, 1.54) is 11.3 Å². The average Bonchev–Trinajstić information content (AvgIpc) is 2.83. The van der Waals surface area contributed by atoms with Crippen LogP contribution in [0.15, 0.2) is 12.1 Å². The van der Waals surface area contributed by atoms with Crippen molar-refractivity contribution in [2.45, 2.75) is 19.0 Å². The Morgan fingerprint density at radius 1 is 1.52 bits per heavy atom. The predicted octanol–water partition coefficient (Wildman–Crippen LogP) is 2.85. The second-order valence-corrected chi connectivity index (χ2v) is 7.81. The molecule has 1 aromatic heterocycles. The van der Waals surface area contributed by atoms with Crippen molar-refractivity contribution < 1.29 is 14.7 Å². The van der Waals surface area contributed by atoms with Gasteiger partial charge in [0.05, 0.1) is 23.3 Å². The number of hydrogen-bond acceptors (Lipinski definition) is 4. The normalized spacial score (nSPS) is 18.6. The summed E-state index contributed by atoms with van der Waals surface area (Å²) in [7, 11) is 1.73. The predicted molar refractivity (Wildman–Crippen MR) is 86.3 cm³/mol. The maximum absolute atomic E-state index is 12.5. The minimum Gasteiger partial charge on any atom is -0.481 e. The first-order valence-corrected chi connectivity index (χ1v) is 8.87. The fraction of sp³-hybridized carbons (Fsp3) is 0.538. The van der Waals surface area contributed by atoms with Crippen LogP contribution in [0.25, 0.3) is 0 Å². The summed E-state index contributed by atoms with van der Waals surface area (Å²) in [6.07, 6.45) is -0.00257. The molecule has 0 radical (unpaired) electrons. The Morgan fingerprint density at radius 3 is 2.90 bits per heavy atom. The second kappa shape index (κ2) is 7.38. The van der Waals surface area contributed by atoms with Crippen molar-refractivity contribution in [3.63, 3.8) is 0 Å². The van der Waals surface area contributed by atoms with Gasteiger partial charge >= 0.3 is 12.0 Å². The van der Waals surface area contributed by atoms with Crippen LogP contribution in [0.5, 0.6) is 0 Å². The number of nitrogens with zero attached hydrogens (tertiary/aromatic N) is 2. The van der Waals surface area contributed by atoms with Crippen LogP contribution in [0.4, 0.5) is 4.79 Å². The molecule has 1 fully saturated rings. The molecule has 8 heteroatoms. The van der Waals surface area contributed by atoms with Crippen LogP contribution in [0, 0.1) is 0 Å². The van der Waals surface area contributed by atoms with Crippen LogP contribution in [-0.4, -0.2) is 58.0 Å². The molecule has 2 heterocycles. The van der Waals surface area contributed by atoms with Gasteiger partial charge in [-0.1, -0.05) is 11.6 Å². The maximum Gasteiger partial charge on any atom is 0.320 e. The molecule has 2 amide bonds. The highest BCUT2D eigenvalue weighted by Gasteiger charge is 2.30. The molecule has 0 aliphatic carbocycles. The van der Waals surface area contributed by atoms with E-state index in [1.54, 1.807) is 28.6 Å². The molecule has 21 heavy (non-hydrogen) atoms. The summed E-state index contributed by atoms with van der Waals surface area (Å²) in [6, 6.07) is 3.36. The molecule has 5 nitrogen and oxygen atoms in total. The Morgan fingerprint density at radius 2 is 2.29 bits per heavy atom. The largest absolute Gasteiger partial charge is 0.481 e. The summed E-state index contributed by atoms with van der Waals surface area (Å²) in [4.78, 5) is 27.8. The van der Waals surface area contributed by atoms with Gasteiger partial charge in [0.2, 0.25) is 0 Å². The summed E-state index contributed by atoms with van der Waals surface area (Å²) in [5.41, 5.74) is 0. The first-order valence-electron chi connectivity index (χ1n) is 6.53. The second-order valence-electron chi connectivity index (χ2n) is 4.86. The highest BCUT2D eigenvalue weighted by Crippen LogP contribution is 2.24. The standard InChI is InChI=1S/C13H17ClN2O3S2/c1-15(7-10-2-3-11(14)21-10)13(19)16-4-5-20-8-9(16)6-12(17)18/h2-3,9H,4-8H2,1H3,(H,17,18). The van der Waals surface area contributed by atoms with Gasteiger partial charge in [-0.3, -0.25) is 4.79 Å². The maximum atomic E-state index is 12.5. The molecule has 1 aromatic rings. The van der Waals surface area contributed by atoms with E-state index in [0.717, 1.165) is 10.6 Å². The van der Waals surface area contributed by atoms with Crippen molar-refractivity contribution in [1.82, 2.24) is 9.80 Å². The van der Waals surface area contributed by atoms with Crippen LogP contribution in [0.1, 0.15) is 11.3 Å². The van der Waals surface area contributed by atoms with Gasteiger partial charge in [0.1, 0.15) is 0 Å². The highest BCUT2D eigenvalue weighted by atomic mass is 35.5. The number of thiophene rings is 1. The lowest BCUT2D eigenvalue weighted by Gasteiger charge is -2.37. The minimum absolute atomic E-state index is 0.00257. The molecule has 1 aliphatic heterocycles. The lowest BCUT2D eigenvalue weighted by Crippen LogP contribution is -2.51. The number of carboxylic acids is 1. The average molecular weight is 349 g/mol. The molecular formula is C13H17ClN2O3S2. The van der Waals surface area contributed by atoms with E-state index < -0.39 is 5.97 Å². The molecule has 116 valence electrons. The number of carbonyl (C=O) groups excluding carboxylic acids is 1. The quantitative estimate of drug-likeness (QED) is 0.908. The van der Waals surface area contributed by atoms with Crippen molar-refractivity contribution in [3.05, 3.63) is 21.3 Å². The van der Waals surface area contributed by atoms with Crippen molar-refractivity contribution >= 4 is 46.7 Å². The smallest absolute Gasteiger partial charge is 0.320 e. The Bertz CT molecular complexity index is 523. The monoisotopic (exact) mass is 348 g/mol. The molecule has 0 spiro atoms. The lowest BCUT2D eigenvalue weighted by atomic mass is 10.2. The third-order valence-electron chi connectivity index (χ3n) is 3.23. The Labute approximate surface area is 136 Å². The van der Waals surface area contributed by atoms with E-state index >= 15 is 0 Å². The Hall–Kier alpha value is -0.920. The van der Waals surface area contributed by atoms with E-state index in [0.29, 0.717) is 23.2 Å². The van der Waals surface area contributed by atoms with E-state index in [4.69, 9.17) is 16.7 Å². The molecule has 2 rings (SSSR count). The minimum atomic E-state index is -0.868. The first-order chi connectivity index (χ1) is 9.97. The number of hydrogen-bond donors (Lipinski definition) is 1. The Balaban J connectivity index is 2.00. The van der Waals surface area contributed by atoms with Gasteiger partial charge in [-0.05, 0) is 12.1 Å². The fourth-order valence-electron chi connectivity index (χ4n) is 2.23. The van der Waals surface area contributed by atoms with Gasteiger partial charge < -0.3 is 14.9 Å². The van der Waals surface area contributed by atoms with Gasteiger partial charge in [-0.15, -0.1) is 11.3 Å². The molecule has 1 N–H and O–H groups in total. The zero-order valence-corrected chi connectivity index (χ0v) is 14.0. The summed E-state index contributed by atoms with van der Waals surface area (Å²) in [6.45, 7) is 1.08. The summed E-state index contributed by atoms with van der Waals surface area (Å²) in [5.74, 6) is 0.657. The van der Waals surface area contributed by atoms with Gasteiger partial charge in [-0.2, -0.15) is 11.8 Å². The number of urea groups is 1. The molecule has 0 aromatic carbocycles. The number of amides is 2. The fourth-order valence-corrected chi connectivity index (χ4v) is 4.44. The topological polar surface area (TPSA) is 60.9 Å². The molecular weight excluding hydrogens is 332 g/mol. The van der Waals surface area contributed by atoms with E-state index in [2.05, 4.69) is 0 Å². The van der Waals surface area contributed by atoms with Gasteiger partial charge in [0, 0.05) is 30.0 Å². The molecule has 1 atom stereocenters. The zero-order chi connectivity index (χ0) is 15.4. The van der Waals surface area contributed by atoms with E-state index in [-0.39, 0.29) is 18.5 Å². The van der Waals surface area contributed by atoms with Crippen LogP contribution in [0.2, 0.25) is 4.34 Å². The number of carbonyl (C=O) groups is 2. The van der Waals surface area contributed by atoms with Gasteiger partial charge in [0.25, 0.3) is 0 Å². The van der Waals surface area contributed by atoms with Crippen LogP contribution in [0.3, 0.4) is 0 Å². The van der Waals surface area contributed by atoms with Gasteiger partial charge in [0.15, 0.2) is 0 Å². The molecule has 1 aliphatic rings. The lowest BCUT2D eigenvalue weighted by molar-refractivity contribution is -0.138. The summed E-state index contributed by atoms with van der Waals surface area (Å²) in [5, 5.41) is 8.97. The highest BCUT2D eigenvalue weighted by molar-refractivity contribution is 7.99. The van der Waals surface area contributed by atoms with E-state index in [1.807, 2.05) is 12.1 Å². The zero-order valence-electron chi connectivity index (χ0n) is 11.6. The molecule has 0 bridgehead atoms. The summed E-state index contributed by atoms with van der Waals surface area (Å²) < 4.78 is 0.698. The third kappa shape index (κ3) is 4.52. The SMILES string of the molecule is CN(Cc1ccc(Cl)s1)C(=O)N1CCSCC1CC(=O)O. The molecule has 1 saturated heterocycles. The van der Waals surface area contributed by atoms with Crippen LogP contribution in [-0.2, 0) is 11.3 Å². The van der Waals surface area contributed by atoms with Crippen molar-refractivity contribution in [3.8, 4) is 0 Å². The Kier molecular flexibility index (Phi) is 5.78. The number of carboxylic acid groups (broad SMARTS) is 1. The van der Waals surface area contributed by atoms with Gasteiger partial charge in [-0.25, -0.2) is 4.79 Å². The molecule has 1 unspecified atom stereocenters. The van der Waals surface area contributed by atoms with Crippen molar-refractivity contribution in [2.75, 3.05) is 25.1 Å². The molecule has 0 saturated carbocycles. The number of aliphatic carboxylic acids is 1. The number of rotatable bonds is 4. The first kappa shape index (κ1) is 16.5. The van der Waals surface area contributed by atoms with Crippen LogP contribution < -0.4 is 0 Å². The number of halogens is 1. The van der Waals surface area contributed by atoms with E-state index in [9.17, 15) is 9.59 Å². The van der Waals surface area contributed by atoms with Crippen LogP contribution >= 0.6 is 34.7 Å². The summed E-state index contributed by atoms with van der Waals surface area (Å²) >= 11 is 9.03. The number of thioether (sulfide) groups is 1. The van der Waals surface area contributed by atoms with Crippen molar-refractivity contribution in [2.24, 2.45) is 0 Å². The van der Waals surface area contributed by atoms with Crippen molar-refractivity contribution in [1.29, 1.82) is 0 Å².